The van der Waals surface area contributed by atoms with E-state index < -0.39 is 5.60 Å². The van der Waals surface area contributed by atoms with Crippen molar-refractivity contribution in [3.05, 3.63) is 53.0 Å². The number of Topliss-reactive ketones (excluding diaryl/α,β-unsaturated/α-hetero) is 1. The number of ketones is 1. The highest BCUT2D eigenvalue weighted by Gasteiger charge is 2.52. The second-order valence-electron chi connectivity index (χ2n) is 6.55. The highest BCUT2D eigenvalue weighted by atomic mass is 32.1. The van der Waals surface area contributed by atoms with Crippen molar-refractivity contribution in [1.29, 1.82) is 0 Å². The molecule has 0 unspecified atom stereocenters. The Morgan fingerprint density at radius 3 is 3.00 bits per heavy atom. The second-order valence-corrected chi connectivity index (χ2v) is 7.44. The smallest absolute Gasteiger partial charge is 0.204 e. The number of fused-ring (bicyclic) bond motifs is 3. The fourth-order valence-electron chi connectivity index (χ4n) is 3.61. The molecule has 25 heavy (non-hydrogen) atoms. The maximum absolute atomic E-state index is 13.0. The van der Waals surface area contributed by atoms with Crippen molar-refractivity contribution in [2.75, 3.05) is 11.4 Å². The number of anilines is 1. The molecule has 3 heterocycles. The van der Waals surface area contributed by atoms with E-state index in [0.717, 1.165) is 21.5 Å². The number of nitrogens with zero attached hydrogens (tertiary/aromatic N) is 3. The Morgan fingerprint density at radius 2 is 2.12 bits per heavy atom. The molecule has 0 saturated carbocycles. The van der Waals surface area contributed by atoms with Gasteiger partial charge in [0.05, 0.1) is 21.4 Å². The van der Waals surface area contributed by atoms with Crippen molar-refractivity contribution in [3.8, 4) is 0 Å². The largest absolute Gasteiger partial charge is 0.374 e. The Kier molecular flexibility index (Phi) is 2.93. The molecule has 2 aromatic carbocycles. The molecule has 5 rings (SSSR count). The normalized spacial score (nSPS) is 22.1. The molecule has 1 atom stereocenters. The average molecular weight is 349 g/mol. The first-order valence-electron chi connectivity index (χ1n) is 8.14. The summed E-state index contributed by atoms with van der Waals surface area (Å²) in [5, 5.41) is 11.1. The molecule has 0 spiro atoms. The van der Waals surface area contributed by atoms with Gasteiger partial charge in [0.15, 0.2) is 5.60 Å². The standard InChI is InChI=1S/C19H15N3O2S/c1-11-2-4-14-13(8-11)17(23)19(24)6-7-22(18(19)21-14)12-3-5-16-15(9-12)20-10-25-16/h2-5,8-10,24H,6-7H2,1H3/t19-/m1/s1. The second kappa shape index (κ2) is 4.97. The predicted molar refractivity (Wildman–Crippen MR) is 99.1 cm³/mol. The van der Waals surface area contributed by atoms with Crippen molar-refractivity contribution in [2.24, 2.45) is 4.99 Å². The monoisotopic (exact) mass is 349 g/mol. The number of carbonyl (C=O) groups excluding carboxylic acids is 1. The Morgan fingerprint density at radius 1 is 1.24 bits per heavy atom. The van der Waals surface area contributed by atoms with Crippen LogP contribution in [0.1, 0.15) is 22.3 Å². The highest BCUT2D eigenvalue weighted by Crippen LogP contribution is 2.40. The highest BCUT2D eigenvalue weighted by molar-refractivity contribution is 7.16. The van der Waals surface area contributed by atoms with Gasteiger partial charge in [-0.1, -0.05) is 11.6 Å². The predicted octanol–water partition coefficient (Wildman–Crippen LogP) is 3.47. The molecule has 0 bridgehead atoms. The number of aliphatic hydroxyl groups is 1. The SMILES string of the molecule is Cc1ccc2c(c1)C(=O)[C@]1(O)CCN(c3ccc4scnc4c3)C1=N2. The van der Waals surface area contributed by atoms with E-state index in [9.17, 15) is 9.90 Å². The van der Waals surface area contributed by atoms with E-state index in [2.05, 4.69) is 9.98 Å². The quantitative estimate of drug-likeness (QED) is 0.730. The zero-order valence-electron chi connectivity index (χ0n) is 13.6. The van der Waals surface area contributed by atoms with Crippen molar-refractivity contribution in [3.63, 3.8) is 0 Å². The number of thiazole rings is 1. The Labute approximate surface area is 148 Å². The average Bonchev–Trinajstić information content (AvgIpc) is 3.20. The topological polar surface area (TPSA) is 65.8 Å². The molecular formula is C19H15N3O2S. The minimum atomic E-state index is -1.54. The number of benzene rings is 2. The summed E-state index contributed by atoms with van der Waals surface area (Å²) < 4.78 is 1.11. The van der Waals surface area contributed by atoms with E-state index in [1.54, 1.807) is 17.4 Å². The van der Waals surface area contributed by atoms with E-state index in [-0.39, 0.29) is 5.78 Å². The lowest BCUT2D eigenvalue weighted by molar-refractivity contribution is 0.0602. The van der Waals surface area contributed by atoms with E-state index in [0.29, 0.717) is 30.1 Å². The van der Waals surface area contributed by atoms with Crippen molar-refractivity contribution in [2.45, 2.75) is 18.9 Å². The first-order chi connectivity index (χ1) is 12.1. The minimum Gasteiger partial charge on any atom is -0.374 e. The molecule has 3 aromatic rings. The van der Waals surface area contributed by atoms with Gasteiger partial charge in [-0.25, -0.2) is 9.98 Å². The van der Waals surface area contributed by atoms with E-state index in [1.165, 1.54) is 0 Å². The van der Waals surface area contributed by atoms with Crippen molar-refractivity contribution >= 4 is 44.5 Å². The van der Waals surface area contributed by atoms with Gasteiger partial charge in [-0.3, -0.25) is 4.79 Å². The molecule has 0 radical (unpaired) electrons. The van der Waals surface area contributed by atoms with Crippen molar-refractivity contribution < 1.29 is 9.90 Å². The number of hydrogen-bond donors (Lipinski definition) is 1. The lowest BCUT2D eigenvalue weighted by Crippen LogP contribution is -2.48. The first-order valence-corrected chi connectivity index (χ1v) is 9.02. The van der Waals surface area contributed by atoms with Gasteiger partial charge in [0.25, 0.3) is 0 Å². The zero-order valence-corrected chi connectivity index (χ0v) is 14.4. The Hall–Kier alpha value is -2.57. The number of hydrogen-bond acceptors (Lipinski definition) is 6. The molecular weight excluding hydrogens is 334 g/mol. The summed E-state index contributed by atoms with van der Waals surface area (Å²) >= 11 is 1.59. The summed E-state index contributed by atoms with van der Waals surface area (Å²) in [5.74, 6) is 0.164. The van der Waals surface area contributed by atoms with Crippen molar-refractivity contribution in [1.82, 2.24) is 4.98 Å². The molecule has 1 saturated heterocycles. The van der Waals surface area contributed by atoms with Crippen LogP contribution in [0.15, 0.2) is 46.9 Å². The summed E-state index contributed by atoms with van der Waals surface area (Å²) in [4.78, 5) is 23.9. The first kappa shape index (κ1) is 14.7. The van der Waals surface area contributed by atoms with Crippen LogP contribution in [0, 0.1) is 6.92 Å². The summed E-state index contributed by atoms with van der Waals surface area (Å²) in [6.45, 7) is 2.48. The third-order valence-electron chi connectivity index (χ3n) is 4.95. The summed E-state index contributed by atoms with van der Waals surface area (Å²) in [6, 6.07) is 11.6. The number of aryl methyl sites for hydroxylation is 1. The summed E-state index contributed by atoms with van der Waals surface area (Å²) in [5.41, 5.74) is 4.19. The number of rotatable bonds is 1. The van der Waals surface area contributed by atoms with Crippen LogP contribution in [0.4, 0.5) is 11.4 Å². The van der Waals surface area contributed by atoms with Gasteiger partial charge in [0.2, 0.25) is 5.78 Å². The third kappa shape index (κ3) is 2.01. The Balaban J connectivity index is 1.67. The Bertz CT molecular complexity index is 1070. The zero-order chi connectivity index (χ0) is 17.2. The lowest BCUT2D eigenvalue weighted by Gasteiger charge is -2.29. The van der Waals surface area contributed by atoms with Crippen LogP contribution < -0.4 is 4.90 Å². The number of carbonyl (C=O) groups is 1. The molecule has 1 aromatic heterocycles. The molecule has 124 valence electrons. The van der Waals surface area contributed by atoms with Gasteiger partial charge < -0.3 is 10.0 Å². The van der Waals surface area contributed by atoms with Crippen LogP contribution in [0.3, 0.4) is 0 Å². The molecule has 1 N–H and O–H groups in total. The summed E-state index contributed by atoms with van der Waals surface area (Å²) in [6.07, 6.45) is 0.340. The van der Waals surface area contributed by atoms with Crippen LogP contribution >= 0.6 is 11.3 Å². The molecule has 0 amide bonds. The number of amidine groups is 1. The van der Waals surface area contributed by atoms with Crippen LogP contribution in [-0.4, -0.2) is 33.9 Å². The minimum absolute atomic E-state index is 0.256. The third-order valence-corrected chi connectivity index (χ3v) is 5.76. The number of aromatic nitrogens is 1. The van der Waals surface area contributed by atoms with Gasteiger partial charge >= 0.3 is 0 Å². The van der Waals surface area contributed by atoms with Crippen LogP contribution in [0.25, 0.3) is 10.2 Å². The molecule has 0 aliphatic carbocycles. The lowest BCUT2D eigenvalue weighted by atomic mass is 9.87. The van der Waals surface area contributed by atoms with Crippen LogP contribution in [-0.2, 0) is 0 Å². The molecule has 2 aliphatic rings. The molecule has 2 aliphatic heterocycles. The molecule has 1 fully saturated rings. The maximum Gasteiger partial charge on any atom is 0.204 e. The van der Waals surface area contributed by atoms with Crippen LogP contribution in [0.2, 0.25) is 0 Å². The van der Waals surface area contributed by atoms with Gasteiger partial charge in [-0.2, -0.15) is 0 Å². The van der Waals surface area contributed by atoms with Gasteiger partial charge in [-0.15, -0.1) is 11.3 Å². The van der Waals surface area contributed by atoms with Gasteiger partial charge in [-0.05, 0) is 37.3 Å². The van der Waals surface area contributed by atoms with E-state index in [1.807, 2.05) is 47.7 Å². The summed E-state index contributed by atoms with van der Waals surface area (Å²) in [7, 11) is 0. The fraction of sp³-hybridized carbons (Fsp3) is 0.211. The van der Waals surface area contributed by atoms with Gasteiger partial charge in [0, 0.05) is 24.2 Å². The molecule has 6 heteroatoms. The number of aliphatic imine (C=N–C) groups is 1. The fourth-order valence-corrected chi connectivity index (χ4v) is 4.27. The van der Waals surface area contributed by atoms with Gasteiger partial charge in [0.1, 0.15) is 5.84 Å². The van der Waals surface area contributed by atoms with E-state index >= 15 is 0 Å². The van der Waals surface area contributed by atoms with Crippen LogP contribution in [0.5, 0.6) is 0 Å². The maximum atomic E-state index is 13.0. The van der Waals surface area contributed by atoms with E-state index in [4.69, 9.17) is 0 Å². The molecule has 5 nitrogen and oxygen atoms in total.